The van der Waals surface area contributed by atoms with E-state index >= 15 is 0 Å². The van der Waals surface area contributed by atoms with Crippen LogP contribution in [0.5, 0.6) is 5.75 Å². The van der Waals surface area contributed by atoms with Crippen LogP contribution in [0.3, 0.4) is 0 Å². The van der Waals surface area contributed by atoms with Gasteiger partial charge in [0, 0.05) is 0 Å². The van der Waals surface area contributed by atoms with Crippen molar-refractivity contribution in [1.82, 2.24) is 0 Å². The molecule has 1 aliphatic rings. The number of rotatable bonds is 5. The van der Waals surface area contributed by atoms with Crippen LogP contribution in [-0.4, -0.2) is 31.7 Å². The lowest BCUT2D eigenvalue weighted by Crippen LogP contribution is -3.16. The van der Waals surface area contributed by atoms with Crippen molar-refractivity contribution < 1.29 is 23.2 Å². The topological polar surface area (TPSA) is 42.8 Å². The van der Waals surface area contributed by atoms with Gasteiger partial charge in [0.15, 0.2) is 6.04 Å². The molecule has 0 unspecified atom stereocenters. The van der Waals surface area contributed by atoms with Crippen LogP contribution in [0.4, 0.5) is 14.5 Å². The van der Waals surface area contributed by atoms with E-state index < -0.39 is 6.61 Å². The summed E-state index contributed by atoms with van der Waals surface area (Å²) in [5, 5.41) is 2.73. The molecule has 1 amide bonds. The number of benzene rings is 1. The van der Waals surface area contributed by atoms with E-state index in [1.807, 2.05) is 6.92 Å². The number of quaternary nitrogens is 1. The Hall–Kier alpha value is -1.69. The van der Waals surface area contributed by atoms with Crippen molar-refractivity contribution in [3.63, 3.8) is 0 Å². The molecule has 1 saturated heterocycles. The van der Waals surface area contributed by atoms with E-state index in [0.29, 0.717) is 0 Å². The summed E-state index contributed by atoms with van der Waals surface area (Å²) in [5.74, 6) is -0.170. The monoisotopic (exact) mass is 327 g/mol. The molecule has 0 radical (unpaired) electrons. The van der Waals surface area contributed by atoms with Gasteiger partial charge < -0.3 is 15.0 Å². The van der Waals surface area contributed by atoms with Gasteiger partial charge in [-0.25, -0.2) is 0 Å². The highest BCUT2D eigenvalue weighted by Gasteiger charge is 2.26. The van der Waals surface area contributed by atoms with E-state index in [1.165, 1.54) is 30.2 Å². The summed E-state index contributed by atoms with van der Waals surface area (Å²) >= 11 is 0. The Bertz CT molecular complexity index is 503. The Labute approximate surface area is 135 Å². The third kappa shape index (κ3) is 5.46. The molecule has 4 nitrogen and oxygen atoms in total. The second-order valence-electron chi connectivity index (χ2n) is 6.01. The van der Waals surface area contributed by atoms with Crippen molar-refractivity contribution in [1.29, 1.82) is 0 Å². The van der Waals surface area contributed by atoms with E-state index in [0.717, 1.165) is 25.9 Å². The maximum atomic E-state index is 12.5. The van der Waals surface area contributed by atoms with Crippen molar-refractivity contribution in [3.8, 4) is 5.75 Å². The first-order chi connectivity index (χ1) is 11.1. The van der Waals surface area contributed by atoms with E-state index in [9.17, 15) is 13.6 Å². The van der Waals surface area contributed by atoms with E-state index in [1.54, 1.807) is 18.2 Å². The molecule has 0 saturated carbocycles. The number of carbonyl (C=O) groups excluding carboxylic acids is 1. The average Bonchev–Trinajstić information content (AvgIpc) is 2.48. The minimum absolute atomic E-state index is 0.00860. The number of hydrogen-bond acceptors (Lipinski definition) is 2. The standard InChI is InChI=1S/C17H24F2N2O2/c1-13(21-11-7-3-2-4-8-12-21)16(22)20-14-9-5-6-10-15(14)23-17(18)19/h5-6,9-10,13,17H,2-4,7-8,11-12H2,1H3,(H,20,22)/p+1/t13-/m1/s1. The van der Waals surface area contributed by atoms with Crippen LogP contribution < -0.4 is 15.0 Å². The highest BCUT2D eigenvalue weighted by atomic mass is 19.3. The molecule has 1 atom stereocenters. The van der Waals surface area contributed by atoms with Crippen molar-refractivity contribution in [2.75, 3.05) is 18.4 Å². The maximum absolute atomic E-state index is 12.5. The highest BCUT2D eigenvalue weighted by Crippen LogP contribution is 2.25. The molecule has 0 aromatic heterocycles. The quantitative estimate of drug-likeness (QED) is 0.872. The minimum Gasteiger partial charge on any atom is -0.433 e. The molecule has 1 aromatic rings. The van der Waals surface area contributed by atoms with Crippen LogP contribution in [0, 0.1) is 0 Å². The lowest BCUT2D eigenvalue weighted by Gasteiger charge is -2.27. The number of para-hydroxylation sites is 2. The molecule has 0 bridgehead atoms. The molecule has 1 aromatic carbocycles. The van der Waals surface area contributed by atoms with Crippen LogP contribution in [0.2, 0.25) is 0 Å². The molecule has 1 aliphatic heterocycles. The molecular formula is C17H25F2N2O2+. The maximum Gasteiger partial charge on any atom is 0.387 e. The molecule has 23 heavy (non-hydrogen) atoms. The summed E-state index contributed by atoms with van der Waals surface area (Å²) < 4.78 is 29.3. The third-order valence-electron chi connectivity index (χ3n) is 4.36. The van der Waals surface area contributed by atoms with Gasteiger partial charge in [-0.15, -0.1) is 0 Å². The van der Waals surface area contributed by atoms with Crippen LogP contribution in [0.1, 0.15) is 39.0 Å². The van der Waals surface area contributed by atoms with E-state index in [2.05, 4.69) is 10.1 Å². The fourth-order valence-electron chi connectivity index (χ4n) is 2.99. The Morgan fingerprint density at radius 3 is 2.39 bits per heavy atom. The average molecular weight is 327 g/mol. The number of anilines is 1. The van der Waals surface area contributed by atoms with Crippen molar-refractivity contribution in [2.24, 2.45) is 0 Å². The third-order valence-corrected chi connectivity index (χ3v) is 4.36. The lowest BCUT2D eigenvalue weighted by atomic mass is 10.1. The number of carbonyl (C=O) groups is 1. The molecule has 1 heterocycles. The summed E-state index contributed by atoms with van der Waals surface area (Å²) in [4.78, 5) is 13.7. The second-order valence-corrected chi connectivity index (χ2v) is 6.01. The number of amides is 1. The summed E-state index contributed by atoms with van der Waals surface area (Å²) in [5.41, 5.74) is 0.288. The first-order valence-electron chi connectivity index (χ1n) is 8.27. The zero-order chi connectivity index (χ0) is 16.7. The van der Waals surface area contributed by atoms with Crippen LogP contribution in [0.15, 0.2) is 24.3 Å². The summed E-state index contributed by atoms with van der Waals surface area (Å²) in [6, 6.07) is 6.07. The number of hydrogen-bond donors (Lipinski definition) is 2. The number of ether oxygens (including phenoxy) is 1. The summed E-state index contributed by atoms with van der Waals surface area (Å²) in [6.07, 6.45) is 5.94. The number of halogens is 2. The van der Waals surface area contributed by atoms with Crippen molar-refractivity contribution in [2.45, 2.75) is 51.7 Å². The van der Waals surface area contributed by atoms with Crippen LogP contribution in [0.25, 0.3) is 0 Å². The smallest absolute Gasteiger partial charge is 0.387 e. The Morgan fingerprint density at radius 1 is 1.13 bits per heavy atom. The zero-order valence-electron chi connectivity index (χ0n) is 13.5. The van der Waals surface area contributed by atoms with Gasteiger partial charge in [0.25, 0.3) is 5.91 Å². The predicted octanol–water partition coefficient (Wildman–Crippen LogP) is 2.46. The molecule has 0 spiro atoms. The molecule has 2 N–H and O–H groups in total. The normalized spacial score (nSPS) is 18.1. The predicted molar refractivity (Wildman–Crippen MR) is 84.9 cm³/mol. The molecule has 1 fully saturated rings. The van der Waals surface area contributed by atoms with Gasteiger partial charge in [-0.3, -0.25) is 4.79 Å². The van der Waals surface area contributed by atoms with Gasteiger partial charge in [-0.1, -0.05) is 18.6 Å². The zero-order valence-corrected chi connectivity index (χ0v) is 13.5. The van der Waals surface area contributed by atoms with Crippen LogP contribution >= 0.6 is 0 Å². The SMILES string of the molecule is C[C@H](C(=O)Nc1ccccc1OC(F)F)[NH+]1CCCCCCC1. The van der Waals surface area contributed by atoms with Gasteiger partial charge in [-0.05, 0) is 44.7 Å². The van der Waals surface area contributed by atoms with Gasteiger partial charge in [0.1, 0.15) is 5.75 Å². The fraction of sp³-hybridized carbons (Fsp3) is 0.588. The van der Waals surface area contributed by atoms with E-state index in [-0.39, 0.29) is 23.4 Å². The molecule has 2 rings (SSSR count). The second kappa shape index (κ2) is 8.82. The van der Waals surface area contributed by atoms with E-state index in [4.69, 9.17) is 0 Å². The minimum atomic E-state index is -2.91. The van der Waals surface area contributed by atoms with Crippen molar-refractivity contribution in [3.05, 3.63) is 24.3 Å². The Morgan fingerprint density at radius 2 is 1.74 bits per heavy atom. The first kappa shape index (κ1) is 17.7. The van der Waals surface area contributed by atoms with Gasteiger partial charge in [0.2, 0.25) is 0 Å². The van der Waals surface area contributed by atoms with Gasteiger partial charge >= 0.3 is 6.61 Å². The molecule has 128 valence electrons. The number of nitrogens with one attached hydrogen (secondary N) is 2. The van der Waals surface area contributed by atoms with Crippen molar-refractivity contribution >= 4 is 11.6 Å². The Kier molecular flexibility index (Phi) is 6.77. The summed E-state index contributed by atoms with van der Waals surface area (Å²) in [6.45, 7) is 0.932. The molecular weight excluding hydrogens is 302 g/mol. The first-order valence-corrected chi connectivity index (χ1v) is 8.27. The summed E-state index contributed by atoms with van der Waals surface area (Å²) in [7, 11) is 0. The molecule has 6 heteroatoms. The number of likely N-dealkylation sites (tertiary alicyclic amines) is 1. The van der Waals surface area contributed by atoms with Gasteiger partial charge in [-0.2, -0.15) is 8.78 Å². The largest absolute Gasteiger partial charge is 0.433 e. The fourth-order valence-corrected chi connectivity index (χ4v) is 2.99. The Balaban J connectivity index is 2.00. The lowest BCUT2D eigenvalue weighted by molar-refractivity contribution is -0.914. The van der Waals surface area contributed by atoms with Gasteiger partial charge in [0.05, 0.1) is 18.8 Å². The highest BCUT2D eigenvalue weighted by molar-refractivity contribution is 5.94. The molecule has 0 aliphatic carbocycles. The number of alkyl halides is 2. The van der Waals surface area contributed by atoms with Crippen LogP contribution in [-0.2, 0) is 4.79 Å².